The van der Waals surface area contributed by atoms with Gasteiger partial charge in [0, 0.05) is 6.42 Å². The zero-order valence-corrected chi connectivity index (χ0v) is 11.3. The van der Waals surface area contributed by atoms with E-state index >= 15 is 0 Å². The Morgan fingerprint density at radius 3 is 2.72 bits per heavy atom. The fourth-order valence-corrected chi connectivity index (χ4v) is 3.30. The molecule has 0 atom stereocenters. The molecule has 1 aromatic heterocycles. The minimum Gasteiger partial charge on any atom is -0.266 e. The number of thioether (sulfide) groups is 1. The van der Waals surface area contributed by atoms with Crippen molar-refractivity contribution in [3.8, 4) is 6.07 Å². The quantitative estimate of drug-likeness (QED) is 0.807. The highest BCUT2D eigenvalue weighted by molar-refractivity contribution is 8.00. The van der Waals surface area contributed by atoms with E-state index in [1.807, 2.05) is 42.7 Å². The Morgan fingerprint density at radius 2 is 2.11 bits per heavy atom. The van der Waals surface area contributed by atoms with Gasteiger partial charge < -0.3 is 0 Å². The number of hydrogen-bond donors (Lipinski definition) is 0. The van der Waals surface area contributed by atoms with Gasteiger partial charge >= 0.3 is 0 Å². The van der Waals surface area contributed by atoms with Crippen molar-refractivity contribution in [3.05, 3.63) is 56.8 Å². The van der Waals surface area contributed by atoms with Crippen LogP contribution < -0.4 is 5.56 Å². The lowest BCUT2D eigenvalue weighted by Crippen LogP contribution is -2.12. The minimum atomic E-state index is -0.425. The van der Waals surface area contributed by atoms with Crippen LogP contribution in [0, 0.1) is 11.3 Å². The Kier molecular flexibility index (Phi) is 4.13. The van der Waals surface area contributed by atoms with Crippen molar-refractivity contribution in [3.63, 3.8) is 0 Å². The zero-order chi connectivity index (χ0) is 13.0. The second kappa shape index (κ2) is 5.80. The number of hydrogen-bond acceptors (Lipinski definition) is 5. The first-order valence-electron chi connectivity index (χ1n) is 5.26. The predicted octanol–water partition coefficient (Wildman–Crippen LogP) is 2.69. The molecular formula is C13H10N2OS2. The van der Waals surface area contributed by atoms with Gasteiger partial charge in [0.05, 0.1) is 4.21 Å². The van der Waals surface area contributed by atoms with Crippen molar-refractivity contribution in [2.45, 2.75) is 10.6 Å². The zero-order valence-electron chi connectivity index (χ0n) is 9.71. The molecule has 0 radical (unpaired) electrons. The lowest BCUT2D eigenvalue weighted by Gasteiger charge is -2.03. The highest BCUT2D eigenvalue weighted by Gasteiger charge is 2.11. The number of rotatable bonds is 3. The standard InChI is InChI=1S/C13H10N2OS2/c1-17-13-10(8-14)12(16)15-11(18-13)7-9-5-3-2-4-6-9/h2-6H,7H2,1H3. The van der Waals surface area contributed by atoms with Gasteiger partial charge in [-0.15, -0.1) is 23.1 Å². The van der Waals surface area contributed by atoms with Crippen molar-refractivity contribution < 1.29 is 0 Å². The topological polar surface area (TPSA) is 53.8 Å². The maximum atomic E-state index is 11.7. The maximum absolute atomic E-state index is 11.7. The lowest BCUT2D eigenvalue weighted by atomic mass is 10.2. The Balaban J connectivity index is 2.39. The molecule has 0 saturated heterocycles. The monoisotopic (exact) mass is 274 g/mol. The SMILES string of the molecule is CSc1sc(Cc2ccccc2)nc(=O)c1C#N. The average Bonchev–Trinajstić information content (AvgIpc) is 2.39. The first kappa shape index (κ1) is 12.8. The average molecular weight is 274 g/mol. The molecule has 3 nitrogen and oxygen atoms in total. The summed E-state index contributed by atoms with van der Waals surface area (Å²) < 4.78 is 0.739. The molecule has 0 N–H and O–H groups in total. The normalized spacial score (nSPS) is 10.0. The van der Waals surface area contributed by atoms with Crippen LogP contribution in [0.4, 0.5) is 0 Å². The molecule has 2 aromatic rings. The molecule has 0 aliphatic rings. The maximum Gasteiger partial charge on any atom is 0.290 e. The molecule has 2 rings (SSSR count). The van der Waals surface area contributed by atoms with E-state index in [9.17, 15) is 4.79 Å². The molecule has 18 heavy (non-hydrogen) atoms. The second-order valence-corrected chi connectivity index (χ2v) is 5.71. The third kappa shape index (κ3) is 2.78. The van der Waals surface area contributed by atoms with E-state index in [4.69, 9.17) is 5.26 Å². The molecule has 90 valence electrons. The van der Waals surface area contributed by atoms with E-state index in [0.29, 0.717) is 6.42 Å². The largest absolute Gasteiger partial charge is 0.290 e. The fraction of sp³-hybridized carbons (Fsp3) is 0.154. The van der Waals surface area contributed by atoms with Crippen LogP contribution in [-0.2, 0) is 6.42 Å². The smallest absolute Gasteiger partial charge is 0.266 e. The van der Waals surface area contributed by atoms with E-state index in [-0.39, 0.29) is 5.56 Å². The summed E-state index contributed by atoms with van der Waals surface area (Å²) >= 11 is 2.83. The summed E-state index contributed by atoms with van der Waals surface area (Å²) in [5, 5.41) is 9.66. The minimum absolute atomic E-state index is 0.157. The third-order valence-electron chi connectivity index (χ3n) is 2.35. The van der Waals surface area contributed by atoms with Crippen molar-refractivity contribution in [1.82, 2.24) is 4.98 Å². The molecule has 0 unspecified atom stereocenters. The number of nitrogens with zero attached hydrogens (tertiary/aromatic N) is 2. The summed E-state index contributed by atoms with van der Waals surface area (Å²) in [5.41, 5.74) is 0.841. The van der Waals surface area contributed by atoms with Crippen LogP contribution in [0.15, 0.2) is 39.3 Å². The molecule has 1 aromatic carbocycles. The Hall–Kier alpha value is -1.64. The summed E-state index contributed by atoms with van der Waals surface area (Å²) in [7, 11) is 0. The van der Waals surface area contributed by atoms with Gasteiger partial charge in [-0.05, 0) is 11.8 Å². The van der Waals surface area contributed by atoms with Crippen LogP contribution >= 0.6 is 23.1 Å². The van der Waals surface area contributed by atoms with Crippen LogP contribution in [0.1, 0.15) is 16.1 Å². The first-order valence-corrected chi connectivity index (χ1v) is 7.30. The summed E-state index contributed by atoms with van der Waals surface area (Å²) in [4.78, 5) is 15.7. The molecule has 0 aliphatic heterocycles. The van der Waals surface area contributed by atoms with Crippen molar-refractivity contribution >= 4 is 23.1 Å². The third-order valence-corrected chi connectivity index (χ3v) is 4.54. The van der Waals surface area contributed by atoms with E-state index in [1.54, 1.807) is 0 Å². The Labute approximate surface area is 113 Å². The molecule has 5 heteroatoms. The molecule has 0 saturated carbocycles. The van der Waals surface area contributed by atoms with Crippen LogP contribution in [0.2, 0.25) is 0 Å². The van der Waals surface area contributed by atoms with E-state index in [0.717, 1.165) is 14.8 Å². The number of nitriles is 1. The summed E-state index contributed by atoms with van der Waals surface area (Å²) in [6.07, 6.45) is 2.48. The van der Waals surface area contributed by atoms with Crippen molar-refractivity contribution in [2.75, 3.05) is 6.26 Å². The molecule has 0 fully saturated rings. The van der Waals surface area contributed by atoms with Crippen LogP contribution in [0.5, 0.6) is 0 Å². The van der Waals surface area contributed by atoms with E-state index in [2.05, 4.69) is 4.98 Å². The van der Waals surface area contributed by atoms with Crippen LogP contribution in [-0.4, -0.2) is 11.2 Å². The fourth-order valence-electron chi connectivity index (χ4n) is 1.52. The van der Waals surface area contributed by atoms with Gasteiger partial charge in [-0.1, -0.05) is 30.3 Å². The molecule has 0 bridgehead atoms. The summed E-state index contributed by atoms with van der Waals surface area (Å²) in [6.45, 7) is 0. The number of aromatic nitrogens is 1. The molecule has 1 heterocycles. The van der Waals surface area contributed by atoms with Crippen LogP contribution in [0.25, 0.3) is 0 Å². The molecule has 0 amide bonds. The highest BCUT2D eigenvalue weighted by Crippen LogP contribution is 2.24. The van der Waals surface area contributed by atoms with Gasteiger partial charge in [0.25, 0.3) is 5.56 Å². The van der Waals surface area contributed by atoms with E-state index < -0.39 is 5.56 Å². The Morgan fingerprint density at radius 1 is 1.39 bits per heavy atom. The molecular weight excluding hydrogens is 264 g/mol. The number of benzene rings is 1. The predicted molar refractivity (Wildman–Crippen MR) is 74.1 cm³/mol. The summed E-state index contributed by atoms with van der Waals surface area (Å²) in [6, 6.07) is 11.8. The van der Waals surface area contributed by atoms with Gasteiger partial charge in [0.1, 0.15) is 16.6 Å². The first-order chi connectivity index (χ1) is 8.74. The Bertz CT molecular complexity index is 644. The van der Waals surface area contributed by atoms with Gasteiger partial charge in [-0.2, -0.15) is 5.26 Å². The van der Waals surface area contributed by atoms with Gasteiger partial charge in [-0.25, -0.2) is 4.98 Å². The van der Waals surface area contributed by atoms with E-state index in [1.165, 1.54) is 23.1 Å². The molecule has 0 aliphatic carbocycles. The van der Waals surface area contributed by atoms with Gasteiger partial charge in [0.2, 0.25) is 0 Å². The lowest BCUT2D eigenvalue weighted by molar-refractivity contribution is 1.08. The van der Waals surface area contributed by atoms with Gasteiger partial charge in [0.15, 0.2) is 0 Å². The van der Waals surface area contributed by atoms with Crippen molar-refractivity contribution in [2.24, 2.45) is 0 Å². The van der Waals surface area contributed by atoms with Gasteiger partial charge in [-0.3, -0.25) is 4.79 Å². The summed E-state index contributed by atoms with van der Waals surface area (Å²) in [5.74, 6) is 0. The highest BCUT2D eigenvalue weighted by atomic mass is 32.2. The van der Waals surface area contributed by atoms with Crippen molar-refractivity contribution in [1.29, 1.82) is 5.26 Å². The second-order valence-electron chi connectivity index (χ2n) is 3.55. The molecule has 0 spiro atoms. The van der Waals surface area contributed by atoms with Crippen LogP contribution in [0.3, 0.4) is 0 Å².